The molecule has 0 radical (unpaired) electrons. The van der Waals surface area contributed by atoms with E-state index >= 15 is 0 Å². The first kappa shape index (κ1) is 11.9. The van der Waals surface area contributed by atoms with Crippen LogP contribution in [0.1, 0.15) is 0 Å². The van der Waals surface area contributed by atoms with Crippen LogP contribution >= 0.6 is 15.9 Å². The molecule has 0 saturated heterocycles. The summed E-state index contributed by atoms with van der Waals surface area (Å²) in [6.07, 6.45) is 0. The number of aliphatic hydroxyl groups excluding tert-OH is 1. The van der Waals surface area contributed by atoms with Crippen LogP contribution in [0.25, 0.3) is 0 Å². The van der Waals surface area contributed by atoms with Gasteiger partial charge < -0.3 is 10.4 Å². The van der Waals surface area contributed by atoms with Crippen molar-refractivity contribution in [2.45, 2.75) is 0 Å². The summed E-state index contributed by atoms with van der Waals surface area (Å²) in [6, 6.07) is 2.09. The van der Waals surface area contributed by atoms with E-state index in [1.54, 1.807) is 0 Å². The van der Waals surface area contributed by atoms with Gasteiger partial charge in [-0.2, -0.15) is 0 Å². The van der Waals surface area contributed by atoms with E-state index in [4.69, 9.17) is 5.11 Å². The molecule has 0 unspecified atom stereocenters. The molecule has 1 aromatic carbocycles. The second-order valence-corrected chi connectivity index (χ2v) is 3.55. The molecule has 82 valence electrons. The third kappa shape index (κ3) is 2.87. The highest BCUT2D eigenvalue weighted by molar-refractivity contribution is 9.10. The summed E-state index contributed by atoms with van der Waals surface area (Å²) in [5.41, 5.74) is -0.188. The topological polar surface area (TPSA) is 75.4 Å². The smallest absolute Gasteiger partial charge is 0.293 e. The molecule has 0 aliphatic rings. The summed E-state index contributed by atoms with van der Waals surface area (Å²) < 4.78 is 13.1. The van der Waals surface area contributed by atoms with Gasteiger partial charge in [0.1, 0.15) is 11.5 Å². The Labute approximate surface area is 93.2 Å². The van der Waals surface area contributed by atoms with E-state index in [2.05, 4.69) is 21.2 Å². The number of halogens is 2. The van der Waals surface area contributed by atoms with Crippen LogP contribution in [-0.2, 0) is 0 Å². The zero-order valence-corrected chi connectivity index (χ0v) is 9.12. The van der Waals surface area contributed by atoms with Gasteiger partial charge in [-0.1, -0.05) is 0 Å². The maximum Gasteiger partial charge on any atom is 0.293 e. The first-order valence-corrected chi connectivity index (χ1v) is 4.83. The van der Waals surface area contributed by atoms with Gasteiger partial charge in [-0.05, 0) is 15.9 Å². The molecule has 0 amide bonds. The van der Waals surface area contributed by atoms with Gasteiger partial charge >= 0.3 is 0 Å². The molecule has 1 aromatic rings. The van der Waals surface area contributed by atoms with E-state index in [-0.39, 0.29) is 29.0 Å². The summed E-state index contributed by atoms with van der Waals surface area (Å²) in [7, 11) is 0. The van der Waals surface area contributed by atoms with Crippen molar-refractivity contribution in [2.75, 3.05) is 18.5 Å². The summed E-state index contributed by atoms with van der Waals surface area (Å²) in [5.74, 6) is -0.596. The van der Waals surface area contributed by atoms with Gasteiger partial charge in [-0.3, -0.25) is 10.1 Å². The lowest BCUT2D eigenvalue weighted by atomic mass is 10.2. The monoisotopic (exact) mass is 278 g/mol. The van der Waals surface area contributed by atoms with Crippen LogP contribution in [0.3, 0.4) is 0 Å². The molecule has 0 bridgehead atoms. The predicted octanol–water partition coefficient (Wildman–Crippen LogP) is 1.90. The second kappa shape index (κ2) is 5.04. The predicted molar refractivity (Wildman–Crippen MR) is 56.3 cm³/mol. The Balaban J connectivity index is 3.10. The van der Waals surface area contributed by atoms with E-state index in [9.17, 15) is 14.5 Å². The van der Waals surface area contributed by atoms with Gasteiger partial charge in [0.05, 0.1) is 16.0 Å². The average molecular weight is 279 g/mol. The van der Waals surface area contributed by atoms with Gasteiger partial charge in [0, 0.05) is 18.7 Å². The molecule has 0 saturated carbocycles. The number of nitrogens with one attached hydrogen (secondary N) is 1. The summed E-state index contributed by atoms with van der Waals surface area (Å²) in [6.45, 7) is -0.0588. The van der Waals surface area contributed by atoms with Gasteiger partial charge in [0.15, 0.2) is 0 Å². The molecule has 15 heavy (non-hydrogen) atoms. The van der Waals surface area contributed by atoms with Crippen LogP contribution in [0.5, 0.6) is 0 Å². The van der Waals surface area contributed by atoms with Crippen LogP contribution in [0.2, 0.25) is 0 Å². The third-order valence-electron chi connectivity index (χ3n) is 1.66. The fourth-order valence-corrected chi connectivity index (χ4v) is 1.35. The van der Waals surface area contributed by atoms with Crippen LogP contribution in [0.15, 0.2) is 16.6 Å². The van der Waals surface area contributed by atoms with Crippen molar-refractivity contribution in [1.29, 1.82) is 0 Å². The number of hydrogen-bond acceptors (Lipinski definition) is 4. The van der Waals surface area contributed by atoms with Crippen molar-refractivity contribution in [1.82, 2.24) is 0 Å². The number of nitro benzene ring substituents is 1. The number of nitrogens with zero attached hydrogens (tertiary/aromatic N) is 1. The minimum absolute atomic E-state index is 0.0312. The minimum Gasteiger partial charge on any atom is -0.395 e. The SMILES string of the molecule is O=[N+]([O-])c1cc(Br)c(F)cc1NCCO. The van der Waals surface area contributed by atoms with Gasteiger partial charge in [-0.25, -0.2) is 4.39 Å². The maximum atomic E-state index is 13.1. The van der Waals surface area contributed by atoms with E-state index < -0.39 is 10.7 Å². The highest BCUT2D eigenvalue weighted by Crippen LogP contribution is 2.30. The Morgan fingerprint density at radius 2 is 2.27 bits per heavy atom. The van der Waals surface area contributed by atoms with E-state index in [1.807, 2.05) is 0 Å². The Morgan fingerprint density at radius 3 is 2.80 bits per heavy atom. The largest absolute Gasteiger partial charge is 0.395 e. The molecule has 2 N–H and O–H groups in total. The highest BCUT2D eigenvalue weighted by atomic mass is 79.9. The normalized spacial score (nSPS) is 10.1. The zero-order valence-electron chi connectivity index (χ0n) is 7.54. The molecule has 0 heterocycles. The minimum atomic E-state index is -0.621. The molecular weight excluding hydrogens is 271 g/mol. The third-order valence-corrected chi connectivity index (χ3v) is 2.27. The number of anilines is 1. The summed E-state index contributed by atoms with van der Waals surface area (Å²) in [5, 5.41) is 21.7. The number of hydrogen-bond donors (Lipinski definition) is 2. The average Bonchev–Trinajstić information content (AvgIpc) is 2.19. The Bertz CT molecular complexity index is 386. The number of nitro groups is 1. The molecule has 7 heteroatoms. The van der Waals surface area contributed by atoms with E-state index in [0.29, 0.717) is 0 Å². The number of benzene rings is 1. The first-order valence-electron chi connectivity index (χ1n) is 4.04. The quantitative estimate of drug-likeness (QED) is 0.652. The second-order valence-electron chi connectivity index (χ2n) is 2.69. The van der Waals surface area contributed by atoms with Crippen molar-refractivity contribution >= 4 is 27.3 Å². The standard InChI is InChI=1S/C8H8BrFN2O3/c9-5-3-8(12(14)15)7(4-6(5)10)11-1-2-13/h3-4,11,13H,1-2H2. The van der Waals surface area contributed by atoms with Gasteiger partial charge in [-0.15, -0.1) is 0 Å². The Hall–Kier alpha value is -1.21. The maximum absolute atomic E-state index is 13.1. The lowest BCUT2D eigenvalue weighted by Crippen LogP contribution is -2.08. The van der Waals surface area contributed by atoms with Crippen molar-refractivity contribution < 1.29 is 14.4 Å². The molecule has 0 aliphatic heterocycles. The number of rotatable bonds is 4. The highest BCUT2D eigenvalue weighted by Gasteiger charge is 2.16. The molecule has 0 aromatic heterocycles. The number of aliphatic hydroxyl groups is 1. The molecular formula is C8H8BrFN2O3. The van der Waals surface area contributed by atoms with Crippen LogP contribution in [0.4, 0.5) is 15.8 Å². The first-order chi connectivity index (χ1) is 7.06. The zero-order chi connectivity index (χ0) is 11.4. The van der Waals surface area contributed by atoms with Crippen molar-refractivity contribution in [3.05, 3.63) is 32.5 Å². The Morgan fingerprint density at radius 1 is 1.60 bits per heavy atom. The fraction of sp³-hybridized carbons (Fsp3) is 0.250. The van der Waals surface area contributed by atoms with E-state index in [0.717, 1.165) is 12.1 Å². The van der Waals surface area contributed by atoms with Crippen molar-refractivity contribution in [3.8, 4) is 0 Å². The molecule has 1 rings (SSSR count). The molecule has 0 fully saturated rings. The van der Waals surface area contributed by atoms with Crippen molar-refractivity contribution in [2.24, 2.45) is 0 Å². The lowest BCUT2D eigenvalue weighted by Gasteiger charge is -2.06. The van der Waals surface area contributed by atoms with Gasteiger partial charge in [0.2, 0.25) is 0 Å². The van der Waals surface area contributed by atoms with E-state index in [1.165, 1.54) is 0 Å². The summed E-state index contributed by atoms with van der Waals surface area (Å²) >= 11 is 2.86. The van der Waals surface area contributed by atoms with Crippen LogP contribution in [0, 0.1) is 15.9 Å². The molecule has 0 atom stereocenters. The van der Waals surface area contributed by atoms with Crippen molar-refractivity contribution in [3.63, 3.8) is 0 Å². The van der Waals surface area contributed by atoms with Crippen LogP contribution in [-0.4, -0.2) is 23.2 Å². The molecule has 0 aliphatic carbocycles. The molecule has 5 nitrogen and oxygen atoms in total. The fourth-order valence-electron chi connectivity index (χ4n) is 1.02. The van der Waals surface area contributed by atoms with Gasteiger partial charge in [0.25, 0.3) is 5.69 Å². The Kier molecular flexibility index (Phi) is 3.98. The summed E-state index contributed by atoms with van der Waals surface area (Å²) in [4.78, 5) is 9.99. The molecule has 0 spiro atoms. The lowest BCUT2D eigenvalue weighted by molar-refractivity contribution is -0.384. The van der Waals surface area contributed by atoms with Crippen LogP contribution < -0.4 is 5.32 Å².